The van der Waals surface area contributed by atoms with Gasteiger partial charge in [-0.15, -0.1) is 0 Å². The van der Waals surface area contributed by atoms with Crippen LogP contribution in [0.25, 0.3) is 0 Å². The lowest BCUT2D eigenvalue weighted by Crippen LogP contribution is -2.24. The Morgan fingerprint density at radius 2 is 2.14 bits per heavy atom. The molecule has 1 aromatic heterocycles. The number of hydrogen-bond acceptors (Lipinski definition) is 5. The maximum Gasteiger partial charge on any atom is 0.240 e. The van der Waals surface area contributed by atoms with Crippen LogP contribution in [-0.2, 0) is 16.6 Å². The van der Waals surface area contributed by atoms with E-state index < -0.39 is 10.0 Å². The Bertz CT molecular complexity index is 689. The van der Waals surface area contributed by atoms with Crippen LogP contribution >= 0.6 is 0 Å². The Morgan fingerprint density at radius 3 is 2.81 bits per heavy atom. The molecule has 1 atom stereocenters. The summed E-state index contributed by atoms with van der Waals surface area (Å²) in [5, 5.41) is 0. The summed E-state index contributed by atoms with van der Waals surface area (Å²) in [5.74, 6) is 0. The molecule has 7 heteroatoms. The third-order valence-corrected chi connectivity index (χ3v) is 4.52. The van der Waals surface area contributed by atoms with Crippen LogP contribution in [0.4, 0.5) is 0 Å². The summed E-state index contributed by atoms with van der Waals surface area (Å²) in [7, 11) is -3.59. The van der Waals surface area contributed by atoms with E-state index in [4.69, 9.17) is 5.73 Å². The molecule has 0 fully saturated rings. The zero-order valence-electron chi connectivity index (χ0n) is 11.7. The standard InChI is InChI=1S/C14H18N4O2S/c1-2-14(15)11-4-3-5-13(8-11)21(19,20)18-9-12-6-7-16-10-17-12/h3-8,10,14,18H,2,9,15H2,1H3. The highest BCUT2D eigenvalue weighted by molar-refractivity contribution is 7.89. The van der Waals surface area contributed by atoms with Crippen LogP contribution in [0.2, 0.25) is 0 Å². The molecule has 21 heavy (non-hydrogen) atoms. The highest BCUT2D eigenvalue weighted by Gasteiger charge is 2.15. The number of nitrogens with zero attached hydrogens (tertiary/aromatic N) is 2. The number of sulfonamides is 1. The molecule has 1 heterocycles. The van der Waals surface area contributed by atoms with Crippen molar-refractivity contribution in [3.63, 3.8) is 0 Å². The Balaban J connectivity index is 2.16. The van der Waals surface area contributed by atoms with E-state index in [2.05, 4.69) is 14.7 Å². The normalized spacial score (nSPS) is 13.0. The minimum atomic E-state index is -3.59. The predicted octanol–water partition coefficient (Wildman–Crippen LogP) is 1.36. The lowest BCUT2D eigenvalue weighted by atomic mass is 10.1. The summed E-state index contributed by atoms with van der Waals surface area (Å²) in [5.41, 5.74) is 7.35. The molecule has 0 aliphatic carbocycles. The Labute approximate surface area is 124 Å². The van der Waals surface area contributed by atoms with E-state index in [0.717, 1.165) is 12.0 Å². The molecule has 112 valence electrons. The van der Waals surface area contributed by atoms with Crippen molar-refractivity contribution in [1.29, 1.82) is 0 Å². The average molecular weight is 306 g/mol. The fraction of sp³-hybridized carbons (Fsp3) is 0.286. The van der Waals surface area contributed by atoms with Crippen molar-refractivity contribution in [3.8, 4) is 0 Å². The zero-order chi connectivity index (χ0) is 15.3. The molecule has 0 saturated carbocycles. The molecule has 0 bridgehead atoms. The average Bonchev–Trinajstić information content (AvgIpc) is 2.53. The smallest absolute Gasteiger partial charge is 0.240 e. The van der Waals surface area contributed by atoms with Crippen LogP contribution in [0, 0.1) is 0 Å². The zero-order valence-corrected chi connectivity index (χ0v) is 12.5. The Hall–Kier alpha value is -1.83. The SMILES string of the molecule is CCC(N)c1cccc(S(=O)(=O)NCc2ccncn2)c1. The summed E-state index contributed by atoms with van der Waals surface area (Å²) in [6.07, 6.45) is 3.69. The van der Waals surface area contributed by atoms with Crippen molar-refractivity contribution >= 4 is 10.0 Å². The largest absolute Gasteiger partial charge is 0.324 e. The van der Waals surface area contributed by atoms with Gasteiger partial charge in [0, 0.05) is 12.2 Å². The monoisotopic (exact) mass is 306 g/mol. The third-order valence-electron chi connectivity index (χ3n) is 3.12. The molecule has 2 rings (SSSR count). The number of nitrogens with one attached hydrogen (secondary N) is 1. The van der Waals surface area contributed by atoms with Crippen molar-refractivity contribution in [3.05, 3.63) is 54.1 Å². The molecule has 1 aromatic carbocycles. The number of hydrogen-bond donors (Lipinski definition) is 2. The topological polar surface area (TPSA) is 98.0 Å². The quantitative estimate of drug-likeness (QED) is 0.840. The maximum atomic E-state index is 12.3. The second-order valence-corrected chi connectivity index (χ2v) is 6.38. The van der Waals surface area contributed by atoms with Crippen molar-refractivity contribution < 1.29 is 8.42 Å². The van der Waals surface area contributed by atoms with E-state index >= 15 is 0 Å². The van der Waals surface area contributed by atoms with E-state index in [9.17, 15) is 8.42 Å². The summed E-state index contributed by atoms with van der Waals surface area (Å²) < 4.78 is 27.1. The Kier molecular flexibility index (Phi) is 5.00. The van der Waals surface area contributed by atoms with Crippen molar-refractivity contribution in [2.45, 2.75) is 30.8 Å². The molecule has 3 N–H and O–H groups in total. The summed E-state index contributed by atoms with van der Waals surface area (Å²) >= 11 is 0. The van der Waals surface area contributed by atoms with Crippen LogP contribution in [0.3, 0.4) is 0 Å². The first-order valence-electron chi connectivity index (χ1n) is 6.63. The fourth-order valence-corrected chi connectivity index (χ4v) is 2.88. The van der Waals surface area contributed by atoms with Crippen LogP contribution < -0.4 is 10.5 Å². The molecule has 0 aliphatic rings. The van der Waals surface area contributed by atoms with Crippen molar-refractivity contribution in [1.82, 2.24) is 14.7 Å². The summed E-state index contributed by atoms with van der Waals surface area (Å²) in [6, 6.07) is 8.18. The van der Waals surface area contributed by atoms with Gasteiger partial charge in [-0.05, 0) is 30.2 Å². The van der Waals surface area contributed by atoms with Gasteiger partial charge in [-0.3, -0.25) is 0 Å². The van der Waals surface area contributed by atoms with Gasteiger partial charge in [-0.2, -0.15) is 0 Å². The summed E-state index contributed by atoms with van der Waals surface area (Å²) in [4.78, 5) is 7.97. The number of benzene rings is 1. The van der Waals surface area contributed by atoms with Gasteiger partial charge in [0.25, 0.3) is 0 Å². The van der Waals surface area contributed by atoms with Crippen LogP contribution in [0.15, 0.2) is 47.8 Å². The molecular formula is C14H18N4O2S. The van der Waals surface area contributed by atoms with Gasteiger partial charge in [-0.1, -0.05) is 19.1 Å². The molecule has 2 aromatic rings. The first-order valence-corrected chi connectivity index (χ1v) is 8.11. The first kappa shape index (κ1) is 15.6. The van der Waals surface area contributed by atoms with Crippen molar-refractivity contribution in [2.24, 2.45) is 5.73 Å². The number of nitrogens with two attached hydrogens (primary N) is 1. The minimum Gasteiger partial charge on any atom is -0.324 e. The molecule has 1 unspecified atom stereocenters. The molecule has 0 radical (unpaired) electrons. The Morgan fingerprint density at radius 1 is 1.33 bits per heavy atom. The van der Waals surface area contributed by atoms with E-state index in [1.807, 2.05) is 13.0 Å². The third kappa shape index (κ3) is 4.07. The highest BCUT2D eigenvalue weighted by Crippen LogP contribution is 2.18. The van der Waals surface area contributed by atoms with E-state index in [0.29, 0.717) is 5.69 Å². The lowest BCUT2D eigenvalue weighted by Gasteiger charge is -2.11. The maximum absolute atomic E-state index is 12.3. The van der Waals surface area contributed by atoms with Gasteiger partial charge in [-0.25, -0.2) is 23.1 Å². The van der Waals surface area contributed by atoms with Gasteiger partial charge in [0.15, 0.2) is 0 Å². The first-order chi connectivity index (χ1) is 10.0. The van der Waals surface area contributed by atoms with E-state index in [1.54, 1.807) is 30.5 Å². The number of aromatic nitrogens is 2. The summed E-state index contributed by atoms with van der Waals surface area (Å²) in [6.45, 7) is 2.08. The highest BCUT2D eigenvalue weighted by atomic mass is 32.2. The van der Waals surface area contributed by atoms with E-state index in [1.165, 1.54) is 6.33 Å². The molecule has 0 aliphatic heterocycles. The van der Waals surface area contributed by atoms with Crippen LogP contribution in [-0.4, -0.2) is 18.4 Å². The fourth-order valence-electron chi connectivity index (χ4n) is 1.82. The molecule has 0 spiro atoms. The van der Waals surface area contributed by atoms with Gasteiger partial charge in [0.2, 0.25) is 10.0 Å². The van der Waals surface area contributed by atoms with Crippen LogP contribution in [0.5, 0.6) is 0 Å². The van der Waals surface area contributed by atoms with Crippen molar-refractivity contribution in [2.75, 3.05) is 0 Å². The molecular weight excluding hydrogens is 288 g/mol. The van der Waals surface area contributed by atoms with Crippen LogP contribution in [0.1, 0.15) is 30.6 Å². The molecule has 6 nitrogen and oxygen atoms in total. The molecule has 0 saturated heterocycles. The van der Waals surface area contributed by atoms with Gasteiger partial charge >= 0.3 is 0 Å². The van der Waals surface area contributed by atoms with Gasteiger partial charge < -0.3 is 5.73 Å². The molecule has 0 amide bonds. The number of rotatable bonds is 6. The lowest BCUT2D eigenvalue weighted by molar-refractivity contribution is 0.580. The van der Waals surface area contributed by atoms with Gasteiger partial charge in [0.1, 0.15) is 6.33 Å². The van der Waals surface area contributed by atoms with Gasteiger partial charge in [0.05, 0.1) is 17.1 Å². The second-order valence-electron chi connectivity index (χ2n) is 4.61. The predicted molar refractivity (Wildman–Crippen MR) is 79.7 cm³/mol. The minimum absolute atomic E-state index is 0.120. The van der Waals surface area contributed by atoms with E-state index in [-0.39, 0.29) is 17.5 Å². The second kappa shape index (κ2) is 6.75.